The molecule has 1 saturated heterocycles. The number of β-amino-alcohol motifs (C(OH)–C–C–N with tert-alkyl or cyclic N) is 1. The first-order chi connectivity index (χ1) is 19.3. The van der Waals surface area contributed by atoms with Crippen molar-refractivity contribution < 1.29 is 29.0 Å². The maximum atomic E-state index is 13.8. The Balaban J connectivity index is 1.52. The number of nitriles is 1. The summed E-state index contributed by atoms with van der Waals surface area (Å²) in [4.78, 5) is 46.6. The average molecular weight is 584 g/mol. The lowest BCUT2D eigenvalue weighted by molar-refractivity contribution is -0.144. The highest BCUT2D eigenvalue weighted by Gasteiger charge is 2.53. The number of nitrogens with zero attached hydrogens (tertiary/aromatic N) is 3. The zero-order chi connectivity index (χ0) is 30.1. The molecule has 2 aliphatic rings. The number of aromatic nitrogens is 1. The molecule has 3 amide bonds. The van der Waals surface area contributed by atoms with E-state index in [-0.39, 0.29) is 19.5 Å². The molecule has 1 aliphatic carbocycles. The molecule has 0 bridgehead atoms. The molecule has 12 heteroatoms. The SMILES string of the molecule is COc1cc(-c2scnc2C)c(OC)cc1CNC(=O)[C@@H]1C[C@@H](O)CN1C(=O)[C@@H](NC(=O)C1(C#N)CC1)C(C)(C)C. The molecule has 1 aliphatic heterocycles. The number of ether oxygens (including phenoxy) is 2. The molecule has 2 fully saturated rings. The van der Waals surface area contributed by atoms with Crippen LogP contribution in [-0.4, -0.2) is 71.7 Å². The Bertz CT molecular complexity index is 1370. The van der Waals surface area contributed by atoms with Crippen molar-refractivity contribution in [2.75, 3.05) is 20.8 Å². The average Bonchev–Trinajstić information content (AvgIpc) is 3.48. The van der Waals surface area contributed by atoms with E-state index in [1.54, 1.807) is 46.6 Å². The van der Waals surface area contributed by atoms with E-state index >= 15 is 0 Å². The van der Waals surface area contributed by atoms with Gasteiger partial charge in [0.25, 0.3) is 0 Å². The largest absolute Gasteiger partial charge is 0.496 e. The topological polar surface area (TPSA) is 154 Å². The number of nitrogens with one attached hydrogen (secondary N) is 2. The summed E-state index contributed by atoms with van der Waals surface area (Å²) in [5.41, 5.74) is 2.33. The third-order valence-corrected chi connectivity index (χ3v) is 8.66. The Kier molecular flexibility index (Phi) is 8.61. The fourth-order valence-corrected chi connectivity index (χ4v) is 5.87. The summed E-state index contributed by atoms with van der Waals surface area (Å²) in [6, 6.07) is 3.79. The maximum absolute atomic E-state index is 13.8. The van der Waals surface area contributed by atoms with E-state index in [1.807, 2.05) is 13.0 Å². The molecule has 220 valence electrons. The van der Waals surface area contributed by atoms with Crippen molar-refractivity contribution in [1.82, 2.24) is 20.5 Å². The molecule has 1 aromatic carbocycles. The zero-order valence-electron chi connectivity index (χ0n) is 24.2. The monoisotopic (exact) mass is 583 g/mol. The van der Waals surface area contributed by atoms with E-state index in [1.165, 1.54) is 16.2 Å². The van der Waals surface area contributed by atoms with Crippen molar-refractivity contribution in [3.8, 4) is 28.0 Å². The molecule has 1 aromatic heterocycles. The number of amides is 3. The number of thiazole rings is 1. The summed E-state index contributed by atoms with van der Waals surface area (Å²) in [6.07, 6.45) is 0.0745. The minimum absolute atomic E-state index is 0.0389. The molecule has 0 unspecified atom stereocenters. The smallest absolute Gasteiger partial charge is 0.246 e. The fraction of sp³-hybridized carbons (Fsp3) is 0.552. The lowest BCUT2D eigenvalue weighted by atomic mass is 9.85. The van der Waals surface area contributed by atoms with Crippen LogP contribution in [0.15, 0.2) is 17.6 Å². The lowest BCUT2D eigenvalue weighted by Gasteiger charge is -2.35. The Morgan fingerprint density at radius 1 is 1.24 bits per heavy atom. The van der Waals surface area contributed by atoms with E-state index in [0.717, 1.165) is 16.1 Å². The summed E-state index contributed by atoms with van der Waals surface area (Å²) < 4.78 is 11.2. The normalized spacial score (nSPS) is 20.1. The van der Waals surface area contributed by atoms with Gasteiger partial charge in [-0.15, -0.1) is 11.3 Å². The quantitative estimate of drug-likeness (QED) is 0.407. The Hall–Kier alpha value is -3.69. The van der Waals surface area contributed by atoms with Gasteiger partial charge in [0, 0.05) is 30.6 Å². The second-order valence-electron chi connectivity index (χ2n) is 11.7. The van der Waals surface area contributed by atoms with Crippen LogP contribution in [0.25, 0.3) is 10.4 Å². The summed E-state index contributed by atoms with van der Waals surface area (Å²) in [7, 11) is 3.11. The van der Waals surface area contributed by atoms with Crippen LogP contribution in [0.1, 0.15) is 51.3 Å². The summed E-state index contributed by atoms with van der Waals surface area (Å²) in [6.45, 7) is 7.39. The van der Waals surface area contributed by atoms with Crippen molar-refractivity contribution in [2.45, 2.75) is 71.7 Å². The van der Waals surface area contributed by atoms with E-state index < -0.39 is 46.7 Å². The Morgan fingerprint density at radius 3 is 2.46 bits per heavy atom. The number of likely N-dealkylation sites (tertiary alicyclic amines) is 1. The molecule has 2 aromatic rings. The predicted molar refractivity (Wildman–Crippen MR) is 152 cm³/mol. The first kappa shape index (κ1) is 30.3. The third-order valence-electron chi connectivity index (χ3n) is 7.70. The van der Waals surface area contributed by atoms with Gasteiger partial charge in [0.2, 0.25) is 17.7 Å². The summed E-state index contributed by atoms with van der Waals surface area (Å²) >= 11 is 1.49. The number of methoxy groups -OCH3 is 2. The van der Waals surface area contributed by atoms with E-state index in [0.29, 0.717) is 29.9 Å². The molecule has 1 saturated carbocycles. The van der Waals surface area contributed by atoms with Crippen molar-refractivity contribution >= 4 is 29.1 Å². The van der Waals surface area contributed by atoms with Gasteiger partial charge in [0.15, 0.2) is 0 Å². The molecule has 3 atom stereocenters. The molecular weight excluding hydrogens is 546 g/mol. The summed E-state index contributed by atoms with van der Waals surface area (Å²) in [5, 5.41) is 25.5. The predicted octanol–water partition coefficient (Wildman–Crippen LogP) is 2.55. The highest BCUT2D eigenvalue weighted by molar-refractivity contribution is 7.13. The maximum Gasteiger partial charge on any atom is 0.246 e. The van der Waals surface area contributed by atoms with Crippen molar-refractivity contribution in [1.29, 1.82) is 5.26 Å². The molecule has 4 rings (SSSR count). The van der Waals surface area contributed by atoms with Gasteiger partial charge in [0.05, 0.1) is 42.5 Å². The number of aliphatic hydroxyl groups is 1. The first-order valence-electron chi connectivity index (χ1n) is 13.5. The van der Waals surface area contributed by atoms with Crippen LogP contribution in [0.4, 0.5) is 0 Å². The van der Waals surface area contributed by atoms with Gasteiger partial charge in [-0.2, -0.15) is 5.26 Å². The second-order valence-corrected chi connectivity index (χ2v) is 12.6. The zero-order valence-corrected chi connectivity index (χ0v) is 25.1. The molecule has 0 spiro atoms. The molecule has 41 heavy (non-hydrogen) atoms. The van der Waals surface area contributed by atoms with E-state index in [9.17, 15) is 24.8 Å². The van der Waals surface area contributed by atoms with Crippen LogP contribution in [0, 0.1) is 29.1 Å². The number of rotatable bonds is 9. The van der Waals surface area contributed by atoms with Crippen LogP contribution in [-0.2, 0) is 20.9 Å². The molecule has 0 radical (unpaired) electrons. The Morgan fingerprint density at radius 2 is 1.93 bits per heavy atom. The van der Waals surface area contributed by atoms with Crippen molar-refractivity contribution in [3.63, 3.8) is 0 Å². The highest BCUT2D eigenvalue weighted by atomic mass is 32.1. The van der Waals surface area contributed by atoms with Gasteiger partial charge < -0.3 is 30.1 Å². The minimum Gasteiger partial charge on any atom is -0.496 e. The standard InChI is InChI=1S/C29H37N5O6S/c1-16-23(41-15-32-16)19-11-21(39-5)17(9-22(19)40-6)12-31-25(36)20-10-18(35)13-34(20)26(37)24(28(2,3)4)33-27(38)29(14-30)7-8-29/h9,11,15,18,20,24,35H,7-8,10,12-13H2,1-6H3,(H,31,36)(H,33,38)/t18-,20+,24-/m1/s1. The lowest BCUT2D eigenvalue weighted by Crippen LogP contribution is -2.58. The van der Waals surface area contributed by atoms with Crippen molar-refractivity contribution in [3.05, 3.63) is 28.9 Å². The first-order valence-corrected chi connectivity index (χ1v) is 14.4. The summed E-state index contributed by atoms with van der Waals surface area (Å²) in [5.74, 6) is -0.236. The second kappa shape index (κ2) is 11.7. The van der Waals surface area contributed by atoms with E-state index in [2.05, 4.69) is 21.7 Å². The van der Waals surface area contributed by atoms with Crippen molar-refractivity contribution in [2.24, 2.45) is 10.8 Å². The van der Waals surface area contributed by atoms with Gasteiger partial charge in [-0.3, -0.25) is 14.4 Å². The van der Waals surface area contributed by atoms with Gasteiger partial charge in [0.1, 0.15) is 29.0 Å². The molecule has 2 heterocycles. The van der Waals surface area contributed by atoms with Gasteiger partial charge in [-0.25, -0.2) is 4.98 Å². The van der Waals surface area contributed by atoms with Crippen LogP contribution in [0.2, 0.25) is 0 Å². The number of benzene rings is 1. The molecule has 3 N–H and O–H groups in total. The van der Waals surface area contributed by atoms with Gasteiger partial charge >= 0.3 is 0 Å². The highest BCUT2D eigenvalue weighted by Crippen LogP contribution is 2.45. The van der Waals surface area contributed by atoms with Crippen LogP contribution in [0.5, 0.6) is 11.5 Å². The fourth-order valence-electron chi connectivity index (χ4n) is 5.04. The molecule has 11 nitrogen and oxygen atoms in total. The number of hydrogen-bond donors (Lipinski definition) is 3. The number of carbonyl (C=O) groups is 3. The van der Waals surface area contributed by atoms with Gasteiger partial charge in [-0.1, -0.05) is 20.8 Å². The molecular formula is C29H37N5O6S. The minimum atomic E-state index is -1.10. The number of aliphatic hydroxyl groups excluding tert-OH is 1. The third kappa shape index (κ3) is 6.16. The van der Waals surface area contributed by atoms with Crippen LogP contribution in [0.3, 0.4) is 0 Å². The number of carbonyl (C=O) groups excluding carboxylic acids is 3. The van der Waals surface area contributed by atoms with E-state index in [4.69, 9.17) is 9.47 Å². The van der Waals surface area contributed by atoms with Crippen LogP contribution < -0.4 is 20.1 Å². The van der Waals surface area contributed by atoms with Gasteiger partial charge in [-0.05, 0) is 37.3 Å². The number of aryl methyl sites for hydroxylation is 1. The number of hydrogen-bond acceptors (Lipinski definition) is 9. The Labute approximate surface area is 243 Å². The van der Waals surface area contributed by atoms with Crippen LogP contribution >= 0.6 is 11.3 Å².